The third kappa shape index (κ3) is 35.1. The van der Waals surface area contributed by atoms with Crippen LogP contribution in [0.15, 0.2) is 0 Å². The number of rotatable bonds is 38. The van der Waals surface area contributed by atoms with Crippen molar-refractivity contribution in [3.05, 3.63) is 0 Å². The van der Waals surface area contributed by atoms with Crippen LogP contribution in [-0.2, 0) is 13.6 Å². The van der Waals surface area contributed by atoms with Gasteiger partial charge in [0.2, 0.25) is 0 Å². The normalized spacial score (nSPS) is 12.7. The Morgan fingerprint density at radius 2 is 0.911 bits per heavy atom. The Morgan fingerprint density at radius 3 is 1.21 bits per heavy atom. The molecule has 0 aliphatic rings. The van der Waals surface area contributed by atoms with E-state index in [0.29, 0.717) is 13.1 Å². The molecule has 1 atom stereocenters. The molecular weight excluding hydrogens is 731 g/mol. The Balaban J connectivity index is 4.55. The molecule has 5 amide bonds. The third-order valence-corrected chi connectivity index (χ3v) is 11.2. The fourth-order valence-electron chi connectivity index (χ4n) is 6.59. The first-order chi connectivity index (χ1) is 26.8. The summed E-state index contributed by atoms with van der Waals surface area (Å²) >= 11 is 0. The van der Waals surface area contributed by atoms with Crippen LogP contribution in [0.1, 0.15) is 202 Å². The standard InChI is InChI=1S/C42H87N6O7P/c1-6-8-10-12-14-16-18-20-22-24-26-28-30-32-44-39(49)46-36-38(55-56(43,53)54-35-34-48(41(51)52)42(3,4)5)37-47-40(50)45-33-31-29-27-25-23-21-19-17-15-13-11-9-7-2/h38H,6-37H2,1-5H3,(H2,43,53)(H,51,52)(H2,44,46,49)(H2,45,47,50). The number of amides is 5. The molecule has 0 saturated heterocycles. The largest absolute Gasteiger partial charge is 0.465 e. The number of nitrogens with two attached hydrogens (primary N) is 1. The Labute approximate surface area is 342 Å². The Hall–Kier alpha value is -2.08. The predicted molar refractivity (Wildman–Crippen MR) is 231 cm³/mol. The molecule has 13 nitrogen and oxygen atoms in total. The minimum atomic E-state index is -4.18. The van der Waals surface area contributed by atoms with Crippen LogP contribution < -0.4 is 26.8 Å². The lowest BCUT2D eigenvalue weighted by molar-refractivity contribution is 0.0815. The molecule has 56 heavy (non-hydrogen) atoms. The summed E-state index contributed by atoms with van der Waals surface area (Å²) < 4.78 is 24.0. The van der Waals surface area contributed by atoms with Gasteiger partial charge in [0.15, 0.2) is 0 Å². The van der Waals surface area contributed by atoms with Crippen molar-refractivity contribution < 1.29 is 33.1 Å². The second-order valence-electron chi connectivity index (χ2n) is 16.5. The fraction of sp³-hybridized carbons (Fsp3) is 0.929. The highest BCUT2D eigenvalue weighted by atomic mass is 31.2. The average Bonchev–Trinajstić information content (AvgIpc) is 3.14. The van der Waals surface area contributed by atoms with Crippen LogP contribution in [0, 0.1) is 0 Å². The van der Waals surface area contributed by atoms with Gasteiger partial charge in [-0.15, -0.1) is 0 Å². The summed E-state index contributed by atoms with van der Waals surface area (Å²) in [5.74, 6) is 0. The lowest BCUT2D eigenvalue weighted by atomic mass is 10.0. The summed E-state index contributed by atoms with van der Waals surface area (Å²) in [6.45, 7) is 10.3. The zero-order chi connectivity index (χ0) is 41.8. The maximum Gasteiger partial charge on any atom is 0.407 e. The van der Waals surface area contributed by atoms with E-state index < -0.39 is 37.5 Å². The van der Waals surface area contributed by atoms with Gasteiger partial charge in [0.1, 0.15) is 6.10 Å². The maximum atomic E-state index is 13.1. The number of unbranched alkanes of at least 4 members (excludes halogenated alkanes) is 24. The van der Waals surface area contributed by atoms with Gasteiger partial charge >= 0.3 is 25.9 Å². The molecule has 332 valence electrons. The predicted octanol–water partition coefficient (Wildman–Crippen LogP) is 11.0. The number of nitrogens with zero attached hydrogens (tertiary/aromatic N) is 1. The molecule has 0 spiro atoms. The number of carbonyl (C=O) groups excluding carboxylic acids is 2. The summed E-state index contributed by atoms with van der Waals surface area (Å²) in [5.41, 5.74) is 5.18. The van der Waals surface area contributed by atoms with E-state index in [2.05, 4.69) is 35.1 Å². The first-order valence-electron chi connectivity index (χ1n) is 22.6. The summed E-state index contributed by atoms with van der Waals surface area (Å²) in [4.78, 5) is 37.9. The molecule has 0 radical (unpaired) electrons. The van der Waals surface area contributed by atoms with Crippen molar-refractivity contribution in [3.8, 4) is 0 Å². The molecule has 0 aliphatic heterocycles. The monoisotopic (exact) mass is 819 g/mol. The van der Waals surface area contributed by atoms with Gasteiger partial charge in [-0.05, 0) is 33.6 Å². The van der Waals surface area contributed by atoms with Crippen molar-refractivity contribution in [2.45, 2.75) is 213 Å². The van der Waals surface area contributed by atoms with Crippen molar-refractivity contribution >= 4 is 25.9 Å². The van der Waals surface area contributed by atoms with Crippen molar-refractivity contribution in [2.75, 3.05) is 39.3 Å². The van der Waals surface area contributed by atoms with E-state index >= 15 is 0 Å². The zero-order valence-electron chi connectivity index (χ0n) is 36.6. The molecular formula is C42H87N6O7P. The molecule has 0 bridgehead atoms. The van der Waals surface area contributed by atoms with Crippen LogP contribution in [0.5, 0.6) is 0 Å². The highest BCUT2D eigenvalue weighted by Gasteiger charge is 2.29. The van der Waals surface area contributed by atoms with Gasteiger partial charge in [0.25, 0.3) is 0 Å². The molecule has 0 saturated carbocycles. The van der Waals surface area contributed by atoms with Crippen LogP contribution in [0.3, 0.4) is 0 Å². The first kappa shape index (κ1) is 53.9. The van der Waals surface area contributed by atoms with Crippen LogP contribution in [0.4, 0.5) is 14.4 Å². The van der Waals surface area contributed by atoms with E-state index in [1.807, 2.05) is 0 Å². The molecule has 1 unspecified atom stereocenters. The first-order valence-corrected chi connectivity index (χ1v) is 24.2. The Kier molecular flexibility index (Phi) is 34.7. The topological polar surface area (TPSA) is 184 Å². The lowest BCUT2D eigenvalue weighted by Crippen LogP contribution is -2.47. The van der Waals surface area contributed by atoms with Crippen LogP contribution in [0.2, 0.25) is 0 Å². The van der Waals surface area contributed by atoms with E-state index in [0.717, 1.165) is 43.4 Å². The molecule has 0 rings (SSSR count). The van der Waals surface area contributed by atoms with Gasteiger partial charge in [-0.3, -0.25) is 9.05 Å². The molecule has 0 fully saturated rings. The van der Waals surface area contributed by atoms with E-state index in [9.17, 15) is 24.1 Å². The third-order valence-electron chi connectivity index (χ3n) is 10.0. The van der Waals surface area contributed by atoms with Crippen molar-refractivity contribution in [3.63, 3.8) is 0 Å². The summed E-state index contributed by atoms with van der Waals surface area (Å²) in [6, 6.07) is -0.807. The zero-order valence-corrected chi connectivity index (χ0v) is 37.5. The molecule has 0 aromatic carbocycles. The SMILES string of the molecule is CCCCCCCCCCCCCCCNC(=O)NCC(CNC(=O)NCCCCCCCCCCCCCCC)OP(N)(=O)OCCN(C(=O)O)C(C)(C)C. The second-order valence-corrected chi connectivity index (χ2v) is 18.0. The molecule has 0 aromatic heterocycles. The molecule has 14 heteroatoms. The highest BCUT2D eigenvalue weighted by molar-refractivity contribution is 7.51. The molecule has 0 heterocycles. The van der Waals surface area contributed by atoms with Gasteiger partial charge < -0.3 is 31.3 Å². The maximum absolute atomic E-state index is 13.1. The highest BCUT2D eigenvalue weighted by Crippen LogP contribution is 2.40. The number of carboxylic acid groups (broad SMARTS) is 1. The van der Waals surface area contributed by atoms with Crippen LogP contribution in [-0.4, -0.2) is 79.1 Å². The summed E-state index contributed by atoms with van der Waals surface area (Å²) in [5, 5.41) is 20.7. The van der Waals surface area contributed by atoms with Crippen LogP contribution >= 0.6 is 7.75 Å². The molecule has 0 aliphatic carbocycles. The van der Waals surface area contributed by atoms with Crippen LogP contribution in [0.25, 0.3) is 0 Å². The van der Waals surface area contributed by atoms with Gasteiger partial charge in [-0.25, -0.2) is 24.5 Å². The number of hydrogen-bond donors (Lipinski definition) is 6. The number of nitrogens with one attached hydrogen (secondary N) is 4. The number of hydrogen-bond acceptors (Lipinski definition) is 6. The minimum Gasteiger partial charge on any atom is -0.465 e. The average molecular weight is 819 g/mol. The van der Waals surface area contributed by atoms with Crippen molar-refractivity contribution in [1.29, 1.82) is 0 Å². The van der Waals surface area contributed by atoms with Gasteiger partial charge in [0, 0.05) is 38.3 Å². The van der Waals surface area contributed by atoms with Gasteiger partial charge in [0.05, 0.1) is 6.61 Å². The lowest BCUT2D eigenvalue weighted by Gasteiger charge is -2.33. The van der Waals surface area contributed by atoms with Gasteiger partial charge in [-0.1, -0.05) is 168 Å². The summed E-state index contributed by atoms with van der Waals surface area (Å²) in [7, 11) is -4.18. The van der Waals surface area contributed by atoms with E-state index in [1.165, 1.54) is 128 Å². The quantitative estimate of drug-likeness (QED) is 0.0262. The smallest absolute Gasteiger partial charge is 0.407 e. The molecule has 0 aromatic rings. The van der Waals surface area contributed by atoms with E-state index in [-0.39, 0.29) is 26.2 Å². The Bertz CT molecular complexity index is 969. The summed E-state index contributed by atoms with van der Waals surface area (Å²) in [6.07, 6.45) is 30.4. The second kappa shape index (κ2) is 36.0. The number of carbonyl (C=O) groups is 3. The number of urea groups is 2. The van der Waals surface area contributed by atoms with Gasteiger partial charge in [-0.2, -0.15) is 0 Å². The van der Waals surface area contributed by atoms with Crippen molar-refractivity contribution in [2.24, 2.45) is 5.50 Å². The minimum absolute atomic E-state index is 0.0756. The Morgan fingerprint density at radius 1 is 0.589 bits per heavy atom. The fourth-order valence-corrected chi connectivity index (χ4v) is 7.55. The van der Waals surface area contributed by atoms with E-state index in [4.69, 9.17) is 14.6 Å². The van der Waals surface area contributed by atoms with E-state index in [1.54, 1.807) is 20.8 Å². The molecule has 7 N–H and O–H groups in total. The van der Waals surface area contributed by atoms with Crippen molar-refractivity contribution in [1.82, 2.24) is 26.2 Å².